The van der Waals surface area contributed by atoms with Gasteiger partial charge in [0.25, 0.3) is 0 Å². The molecular weight excluding hydrogens is 274 g/mol. The normalized spacial score (nSPS) is 35.2. The fourth-order valence-electron chi connectivity index (χ4n) is 5.03. The van der Waals surface area contributed by atoms with Gasteiger partial charge in [-0.25, -0.2) is 0 Å². The summed E-state index contributed by atoms with van der Waals surface area (Å²) in [4.78, 5) is 27.3. The van der Waals surface area contributed by atoms with Crippen LogP contribution in [0.15, 0.2) is 30.4 Å². The van der Waals surface area contributed by atoms with Gasteiger partial charge in [-0.05, 0) is 67.2 Å². The van der Waals surface area contributed by atoms with Gasteiger partial charge in [0.2, 0.25) is 11.8 Å². The van der Waals surface area contributed by atoms with E-state index < -0.39 is 0 Å². The number of carbonyl (C=O) groups is 2. The zero-order chi connectivity index (χ0) is 14.8. The molecule has 2 fully saturated rings. The maximum atomic E-state index is 12.9. The molecule has 0 radical (unpaired) electrons. The number of allylic oxidation sites excluding steroid dienone is 2. The Hall–Kier alpha value is -1.90. The van der Waals surface area contributed by atoms with Gasteiger partial charge >= 0.3 is 0 Å². The second-order valence-corrected chi connectivity index (χ2v) is 7.16. The molecular formula is C19H19NO2. The summed E-state index contributed by atoms with van der Waals surface area (Å²) in [6.45, 7) is 0. The van der Waals surface area contributed by atoms with Gasteiger partial charge in [-0.15, -0.1) is 0 Å². The molecule has 4 atom stereocenters. The Morgan fingerprint density at radius 1 is 0.864 bits per heavy atom. The molecule has 112 valence electrons. The molecule has 1 aliphatic heterocycles. The van der Waals surface area contributed by atoms with Crippen molar-refractivity contribution in [1.82, 2.24) is 0 Å². The second-order valence-electron chi connectivity index (χ2n) is 7.16. The Balaban J connectivity index is 1.56. The lowest BCUT2D eigenvalue weighted by Crippen LogP contribution is -2.38. The minimum absolute atomic E-state index is 0.0343. The molecule has 4 unspecified atom stereocenters. The third-order valence-corrected chi connectivity index (χ3v) is 6.10. The Labute approximate surface area is 130 Å². The smallest absolute Gasteiger partial charge is 0.238 e. The molecule has 0 spiro atoms. The van der Waals surface area contributed by atoms with E-state index in [4.69, 9.17) is 0 Å². The number of fused-ring (bicyclic) bond motifs is 2. The fraction of sp³-hybridized carbons (Fsp3) is 0.474. The molecule has 4 aliphatic carbocycles. The van der Waals surface area contributed by atoms with Gasteiger partial charge in [-0.2, -0.15) is 0 Å². The first-order valence-corrected chi connectivity index (χ1v) is 8.42. The molecule has 3 nitrogen and oxygen atoms in total. The summed E-state index contributed by atoms with van der Waals surface area (Å²) in [6.07, 6.45) is 9.83. The maximum absolute atomic E-state index is 12.9. The summed E-state index contributed by atoms with van der Waals surface area (Å²) in [6, 6.07) is 6.14. The highest BCUT2D eigenvalue weighted by atomic mass is 16.2. The predicted octanol–water partition coefficient (Wildman–Crippen LogP) is 2.88. The average molecular weight is 293 g/mol. The van der Waals surface area contributed by atoms with Crippen molar-refractivity contribution in [2.75, 3.05) is 4.90 Å². The van der Waals surface area contributed by atoms with Crippen LogP contribution in [0.25, 0.3) is 0 Å². The van der Waals surface area contributed by atoms with Gasteiger partial charge in [0.1, 0.15) is 0 Å². The first kappa shape index (κ1) is 12.6. The number of hydrogen-bond acceptors (Lipinski definition) is 2. The lowest BCUT2D eigenvalue weighted by Gasteiger charge is -2.38. The van der Waals surface area contributed by atoms with Crippen LogP contribution in [-0.2, 0) is 22.4 Å². The van der Waals surface area contributed by atoms with Crippen LogP contribution in [0.4, 0.5) is 5.69 Å². The SMILES string of the molecule is O=C1C2C3C=CC(CC3)C2C(=O)N1c1ccc2c(c1)CCC2. The number of hydrogen-bond donors (Lipinski definition) is 0. The highest BCUT2D eigenvalue weighted by Gasteiger charge is 2.56. The monoisotopic (exact) mass is 293 g/mol. The molecule has 22 heavy (non-hydrogen) atoms. The van der Waals surface area contributed by atoms with Gasteiger partial charge in [-0.1, -0.05) is 18.2 Å². The molecule has 1 heterocycles. The molecule has 0 aromatic heterocycles. The van der Waals surface area contributed by atoms with Crippen molar-refractivity contribution < 1.29 is 9.59 Å². The van der Waals surface area contributed by atoms with Crippen molar-refractivity contribution in [3.05, 3.63) is 41.5 Å². The number of carbonyl (C=O) groups excluding carboxylic acids is 2. The number of imide groups is 1. The Bertz CT molecular complexity index is 688. The summed E-state index contributed by atoms with van der Waals surface area (Å²) >= 11 is 0. The quantitative estimate of drug-likeness (QED) is 0.590. The van der Waals surface area contributed by atoms with Crippen molar-refractivity contribution in [2.24, 2.45) is 23.7 Å². The summed E-state index contributed by atoms with van der Waals surface area (Å²) in [5, 5.41) is 0. The van der Waals surface area contributed by atoms with Gasteiger partial charge in [0.05, 0.1) is 17.5 Å². The summed E-state index contributed by atoms with van der Waals surface area (Å²) in [5.74, 6) is 0.393. The van der Waals surface area contributed by atoms with E-state index in [1.807, 2.05) is 6.07 Å². The van der Waals surface area contributed by atoms with Crippen molar-refractivity contribution in [2.45, 2.75) is 32.1 Å². The molecule has 1 aromatic rings. The topological polar surface area (TPSA) is 37.4 Å². The molecule has 1 saturated heterocycles. The summed E-state index contributed by atoms with van der Waals surface area (Å²) < 4.78 is 0. The summed E-state index contributed by atoms with van der Waals surface area (Å²) in [5.41, 5.74) is 3.49. The second kappa shape index (κ2) is 4.31. The van der Waals surface area contributed by atoms with E-state index in [1.165, 1.54) is 22.4 Å². The lowest BCUT2D eigenvalue weighted by atomic mass is 9.63. The van der Waals surface area contributed by atoms with Crippen LogP contribution >= 0.6 is 0 Å². The molecule has 6 rings (SSSR count). The summed E-state index contributed by atoms with van der Waals surface area (Å²) in [7, 11) is 0. The third-order valence-electron chi connectivity index (χ3n) is 6.10. The molecule has 2 bridgehead atoms. The predicted molar refractivity (Wildman–Crippen MR) is 83.3 cm³/mol. The first-order chi connectivity index (χ1) is 10.7. The largest absolute Gasteiger partial charge is 0.274 e. The molecule has 1 aromatic carbocycles. The Morgan fingerprint density at radius 2 is 1.50 bits per heavy atom. The van der Waals surface area contributed by atoms with Gasteiger partial charge < -0.3 is 0 Å². The van der Waals surface area contributed by atoms with E-state index in [1.54, 1.807) is 0 Å². The van der Waals surface area contributed by atoms with Crippen LogP contribution in [0.3, 0.4) is 0 Å². The molecule has 2 amide bonds. The lowest BCUT2D eigenvalue weighted by molar-refractivity contribution is -0.124. The van der Waals surface area contributed by atoms with E-state index >= 15 is 0 Å². The molecule has 0 N–H and O–H groups in total. The van der Waals surface area contributed by atoms with Crippen LogP contribution < -0.4 is 4.90 Å². The standard InChI is InChI=1S/C19H19NO2/c21-18-16-12-4-5-13(7-6-12)17(16)19(22)20(18)15-9-8-11-2-1-3-14(11)10-15/h4-5,8-10,12-13,16-17H,1-3,6-7H2. The van der Waals surface area contributed by atoms with Gasteiger partial charge in [0.15, 0.2) is 0 Å². The van der Waals surface area contributed by atoms with Crippen molar-refractivity contribution in [3.8, 4) is 0 Å². The van der Waals surface area contributed by atoms with Crippen LogP contribution in [0.1, 0.15) is 30.4 Å². The van der Waals surface area contributed by atoms with E-state index in [2.05, 4.69) is 24.3 Å². The Kier molecular flexibility index (Phi) is 2.47. The molecule has 1 saturated carbocycles. The number of anilines is 1. The van der Waals surface area contributed by atoms with Crippen LogP contribution in [-0.4, -0.2) is 11.8 Å². The fourth-order valence-corrected chi connectivity index (χ4v) is 5.03. The van der Waals surface area contributed by atoms with E-state index in [-0.39, 0.29) is 35.5 Å². The van der Waals surface area contributed by atoms with Gasteiger partial charge in [0, 0.05) is 0 Å². The highest BCUT2D eigenvalue weighted by molar-refractivity contribution is 6.22. The number of amides is 2. The van der Waals surface area contributed by atoms with Crippen molar-refractivity contribution >= 4 is 17.5 Å². The van der Waals surface area contributed by atoms with E-state index in [9.17, 15) is 9.59 Å². The zero-order valence-corrected chi connectivity index (χ0v) is 12.5. The third kappa shape index (κ3) is 1.52. The number of rotatable bonds is 1. The minimum atomic E-state index is -0.107. The van der Waals surface area contributed by atoms with E-state index in [0.717, 1.165) is 31.4 Å². The van der Waals surface area contributed by atoms with Crippen molar-refractivity contribution in [3.63, 3.8) is 0 Å². The Morgan fingerprint density at radius 3 is 2.14 bits per heavy atom. The number of nitrogens with zero attached hydrogens (tertiary/aromatic N) is 1. The minimum Gasteiger partial charge on any atom is -0.274 e. The average Bonchev–Trinajstić information content (AvgIpc) is 3.12. The number of benzene rings is 1. The van der Waals surface area contributed by atoms with E-state index in [0.29, 0.717) is 0 Å². The van der Waals surface area contributed by atoms with Crippen LogP contribution in [0, 0.1) is 23.7 Å². The van der Waals surface area contributed by atoms with Crippen molar-refractivity contribution in [1.29, 1.82) is 0 Å². The van der Waals surface area contributed by atoms with Gasteiger partial charge in [-0.3, -0.25) is 14.5 Å². The number of aryl methyl sites for hydroxylation is 2. The van der Waals surface area contributed by atoms with Crippen LogP contribution in [0.5, 0.6) is 0 Å². The molecule has 3 heteroatoms. The maximum Gasteiger partial charge on any atom is 0.238 e. The molecule has 5 aliphatic rings. The highest BCUT2D eigenvalue weighted by Crippen LogP contribution is 2.50. The van der Waals surface area contributed by atoms with Crippen LogP contribution in [0.2, 0.25) is 0 Å². The zero-order valence-electron chi connectivity index (χ0n) is 12.5. The first-order valence-electron chi connectivity index (χ1n) is 8.42.